The lowest BCUT2D eigenvalue weighted by molar-refractivity contribution is 0.894. The lowest BCUT2D eigenvalue weighted by Crippen LogP contribution is -2.14. The van der Waals surface area contributed by atoms with Crippen molar-refractivity contribution < 1.29 is 0 Å². The van der Waals surface area contributed by atoms with Crippen molar-refractivity contribution in [1.82, 2.24) is 19.7 Å². The topological polar surface area (TPSA) is 81.7 Å². The van der Waals surface area contributed by atoms with Crippen LogP contribution in [0.5, 0.6) is 0 Å². The second-order valence-electron chi connectivity index (χ2n) is 4.57. The molecule has 0 spiro atoms. The van der Waals surface area contributed by atoms with Crippen molar-refractivity contribution in [2.75, 3.05) is 18.4 Å². The Morgan fingerprint density at radius 3 is 2.75 bits per heavy atom. The number of nitrogens with one attached hydrogen (secondary N) is 1. The van der Waals surface area contributed by atoms with Gasteiger partial charge in [0.05, 0.1) is 17.3 Å². The molecule has 3 rings (SSSR count). The molecule has 0 amide bonds. The summed E-state index contributed by atoms with van der Waals surface area (Å²) in [7, 11) is 0. The maximum absolute atomic E-state index is 5.50. The first-order valence-electron chi connectivity index (χ1n) is 6.49. The van der Waals surface area contributed by atoms with E-state index in [1.807, 2.05) is 16.8 Å². The van der Waals surface area contributed by atoms with Gasteiger partial charge in [-0.1, -0.05) is 17.7 Å². The van der Waals surface area contributed by atoms with E-state index in [1.54, 1.807) is 6.20 Å². The Hall–Kier alpha value is -2.47. The molecular weight excluding hydrogens is 252 g/mol. The average Bonchev–Trinajstić information content (AvgIpc) is 2.90. The van der Waals surface area contributed by atoms with Crippen molar-refractivity contribution in [2.45, 2.75) is 6.92 Å². The first kappa shape index (κ1) is 12.6. The summed E-state index contributed by atoms with van der Waals surface area (Å²) < 4.78 is 1.81. The van der Waals surface area contributed by atoms with Crippen molar-refractivity contribution in [3.05, 3.63) is 42.4 Å². The summed E-state index contributed by atoms with van der Waals surface area (Å²) in [5, 5.41) is 8.48. The van der Waals surface area contributed by atoms with Gasteiger partial charge in [0.15, 0.2) is 5.65 Å². The van der Waals surface area contributed by atoms with Crippen LogP contribution in [0.15, 0.2) is 36.8 Å². The van der Waals surface area contributed by atoms with Crippen LogP contribution < -0.4 is 11.1 Å². The predicted octanol–water partition coefficient (Wildman–Crippen LogP) is 1.49. The number of aryl methyl sites for hydroxylation is 1. The third-order valence-electron chi connectivity index (χ3n) is 3.08. The van der Waals surface area contributed by atoms with E-state index in [9.17, 15) is 0 Å². The Morgan fingerprint density at radius 2 is 2.00 bits per heavy atom. The molecule has 0 aliphatic rings. The minimum absolute atomic E-state index is 0.553. The molecule has 0 radical (unpaired) electrons. The van der Waals surface area contributed by atoms with E-state index in [0.29, 0.717) is 13.1 Å². The second-order valence-corrected chi connectivity index (χ2v) is 4.57. The number of hydrogen-bond acceptors (Lipinski definition) is 5. The van der Waals surface area contributed by atoms with E-state index in [-0.39, 0.29) is 0 Å². The van der Waals surface area contributed by atoms with Crippen LogP contribution in [0.3, 0.4) is 0 Å². The fourth-order valence-electron chi connectivity index (χ4n) is 2.05. The van der Waals surface area contributed by atoms with Crippen LogP contribution in [0.1, 0.15) is 5.56 Å². The Balaban J connectivity index is 2.07. The molecule has 6 nitrogen and oxygen atoms in total. The standard InChI is InChI=1S/C14H16N6/c1-10-2-4-11(5-3-10)20-14-12(8-19-20)13(16-7-6-15)17-9-18-14/h2-5,8-9H,6-7,15H2,1H3,(H,16,17,18). The molecule has 0 atom stereocenters. The predicted molar refractivity (Wildman–Crippen MR) is 78.9 cm³/mol. The molecular formula is C14H16N6. The smallest absolute Gasteiger partial charge is 0.168 e. The number of fused-ring (bicyclic) bond motifs is 1. The van der Waals surface area contributed by atoms with Gasteiger partial charge in [0, 0.05) is 13.1 Å². The van der Waals surface area contributed by atoms with Gasteiger partial charge in [0.25, 0.3) is 0 Å². The van der Waals surface area contributed by atoms with Crippen molar-refractivity contribution in [1.29, 1.82) is 0 Å². The molecule has 0 aliphatic carbocycles. The molecule has 0 saturated heterocycles. The highest BCUT2D eigenvalue weighted by atomic mass is 15.3. The van der Waals surface area contributed by atoms with Gasteiger partial charge in [0.2, 0.25) is 0 Å². The molecule has 102 valence electrons. The zero-order valence-corrected chi connectivity index (χ0v) is 11.2. The van der Waals surface area contributed by atoms with Gasteiger partial charge in [-0.25, -0.2) is 14.6 Å². The lowest BCUT2D eigenvalue weighted by atomic mass is 10.2. The first-order chi connectivity index (χ1) is 9.79. The third kappa shape index (κ3) is 2.21. The summed E-state index contributed by atoms with van der Waals surface area (Å²) >= 11 is 0. The highest BCUT2D eigenvalue weighted by Gasteiger charge is 2.10. The normalized spacial score (nSPS) is 10.9. The Kier molecular flexibility index (Phi) is 3.30. The van der Waals surface area contributed by atoms with Crippen molar-refractivity contribution in [3.63, 3.8) is 0 Å². The van der Waals surface area contributed by atoms with E-state index >= 15 is 0 Å². The molecule has 6 heteroatoms. The highest BCUT2D eigenvalue weighted by molar-refractivity contribution is 5.87. The monoisotopic (exact) mass is 268 g/mol. The quantitative estimate of drug-likeness (QED) is 0.749. The molecule has 0 fully saturated rings. The maximum Gasteiger partial charge on any atom is 0.168 e. The molecule has 3 aromatic rings. The number of nitrogens with two attached hydrogens (primary N) is 1. The zero-order valence-electron chi connectivity index (χ0n) is 11.2. The third-order valence-corrected chi connectivity index (χ3v) is 3.08. The number of nitrogens with zero attached hydrogens (tertiary/aromatic N) is 4. The van der Waals surface area contributed by atoms with Crippen LogP contribution in [0.4, 0.5) is 5.82 Å². The molecule has 0 bridgehead atoms. The van der Waals surface area contributed by atoms with Crippen LogP contribution in [0.25, 0.3) is 16.7 Å². The van der Waals surface area contributed by atoms with Crippen molar-refractivity contribution in [2.24, 2.45) is 5.73 Å². The molecule has 20 heavy (non-hydrogen) atoms. The number of aromatic nitrogens is 4. The van der Waals surface area contributed by atoms with Crippen LogP contribution >= 0.6 is 0 Å². The van der Waals surface area contributed by atoms with E-state index in [1.165, 1.54) is 11.9 Å². The van der Waals surface area contributed by atoms with E-state index < -0.39 is 0 Å². The lowest BCUT2D eigenvalue weighted by Gasteiger charge is -2.05. The summed E-state index contributed by atoms with van der Waals surface area (Å²) in [6.45, 7) is 3.28. The number of hydrogen-bond donors (Lipinski definition) is 2. The van der Waals surface area contributed by atoms with E-state index in [2.05, 4.69) is 39.4 Å². The van der Waals surface area contributed by atoms with Crippen LogP contribution in [0, 0.1) is 6.92 Å². The second kappa shape index (κ2) is 5.26. The van der Waals surface area contributed by atoms with Crippen LogP contribution in [0.2, 0.25) is 0 Å². The minimum atomic E-state index is 0.553. The van der Waals surface area contributed by atoms with E-state index in [4.69, 9.17) is 5.73 Å². The molecule has 0 saturated carbocycles. The van der Waals surface area contributed by atoms with Crippen molar-refractivity contribution in [3.8, 4) is 5.69 Å². The molecule has 2 aromatic heterocycles. The summed E-state index contributed by atoms with van der Waals surface area (Å²) in [6.07, 6.45) is 3.31. The van der Waals surface area contributed by atoms with Gasteiger partial charge < -0.3 is 11.1 Å². The summed E-state index contributed by atoms with van der Waals surface area (Å²) in [6, 6.07) is 8.16. The largest absolute Gasteiger partial charge is 0.368 e. The molecule has 3 N–H and O–H groups in total. The Labute approximate surface area is 116 Å². The van der Waals surface area contributed by atoms with Gasteiger partial charge in [0.1, 0.15) is 12.1 Å². The Morgan fingerprint density at radius 1 is 1.20 bits per heavy atom. The zero-order chi connectivity index (χ0) is 13.9. The summed E-state index contributed by atoms with van der Waals surface area (Å²) in [5.74, 6) is 0.763. The molecule has 2 heterocycles. The summed E-state index contributed by atoms with van der Waals surface area (Å²) in [5.41, 5.74) is 8.48. The van der Waals surface area contributed by atoms with Gasteiger partial charge in [-0.05, 0) is 19.1 Å². The minimum Gasteiger partial charge on any atom is -0.368 e. The molecule has 0 unspecified atom stereocenters. The van der Waals surface area contributed by atoms with Gasteiger partial charge in [-0.3, -0.25) is 0 Å². The maximum atomic E-state index is 5.50. The fraction of sp³-hybridized carbons (Fsp3) is 0.214. The average molecular weight is 268 g/mol. The van der Waals surface area contributed by atoms with Crippen molar-refractivity contribution >= 4 is 16.9 Å². The fourth-order valence-corrected chi connectivity index (χ4v) is 2.05. The number of rotatable bonds is 4. The Bertz CT molecular complexity index is 716. The molecule has 1 aromatic carbocycles. The van der Waals surface area contributed by atoms with E-state index in [0.717, 1.165) is 22.5 Å². The van der Waals surface area contributed by atoms with Crippen LogP contribution in [-0.4, -0.2) is 32.8 Å². The van der Waals surface area contributed by atoms with Gasteiger partial charge in [-0.15, -0.1) is 0 Å². The SMILES string of the molecule is Cc1ccc(-n2ncc3c(NCCN)ncnc32)cc1. The highest BCUT2D eigenvalue weighted by Crippen LogP contribution is 2.21. The van der Waals surface area contributed by atoms with Gasteiger partial charge >= 0.3 is 0 Å². The van der Waals surface area contributed by atoms with Gasteiger partial charge in [-0.2, -0.15) is 5.10 Å². The first-order valence-corrected chi connectivity index (χ1v) is 6.49. The molecule has 0 aliphatic heterocycles. The number of anilines is 1. The number of benzene rings is 1. The summed E-state index contributed by atoms with van der Waals surface area (Å²) in [4.78, 5) is 8.56. The van der Waals surface area contributed by atoms with Crippen LogP contribution in [-0.2, 0) is 0 Å².